The van der Waals surface area contributed by atoms with Gasteiger partial charge in [0.2, 0.25) is 5.91 Å². The van der Waals surface area contributed by atoms with Gasteiger partial charge in [0.05, 0.1) is 24.1 Å². The number of imidazole rings is 1. The topological polar surface area (TPSA) is 85.2 Å². The standard InChI is InChI=1S/C30H42N4O4/c1-21(2)14-16-33(17-15-22(3)4)30(36)24-10-12-27-32-29(23-8-7-9-25(18-23)38-6)26(34(27)19-24)11-13-28(35)31-20-37-5/h7-10,12,18-19,21-22H,11,13-17,20H2,1-6H3,(H,31,35). The Morgan fingerprint density at radius 2 is 1.74 bits per heavy atom. The van der Waals surface area contributed by atoms with Crippen LogP contribution >= 0.6 is 0 Å². The zero-order valence-corrected chi connectivity index (χ0v) is 23.6. The molecule has 0 saturated carbocycles. The molecule has 0 atom stereocenters. The van der Waals surface area contributed by atoms with Crippen LogP contribution in [0.4, 0.5) is 0 Å². The molecule has 206 valence electrons. The fraction of sp³-hybridized carbons (Fsp3) is 0.500. The number of amides is 2. The van der Waals surface area contributed by atoms with Crippen molar-refractivity contribution in [2.24, 2.45) is 11.8 Å². The van der Waals surface area contributed by atoms with Crippen LogP contribution in [-0.4, -0.2) is 60.1 Å². The summed E-state index contributed by atoms with van der Waals surface area (Å²) in [4.78, 5) is 32.9. The molecule has 0 radical (unpaired) electrons. The molecule has 0 saturated heterocycles. The van der Waals surface area contributed by atoms with E-state index in [1.54, 1.807) is 7.11 Å². The SMILES string of the molecule is COCNC(=O)CCc1c(-c2cccc(OC)c2)nc2ccc(C(=O)N(CCC(C)C)CCC(C)C)cn12. The van der Waals surface area contributed by atoms with Crippen molar-refractivity contribution in [3.05, 3.63) is 53.9 Å². The van der Waals surface area contributed by atoms with Gasteiger partial charge in [-0.3, -0.25) is 9.59 Å². The molecule has 0 fully saturated rings. The lowest BCUT2D eigenvalue weighted by molar-refractivity contribution is -0.122. The minimum Gasteiger partial charge on any atom is -0.497 e. The highest BCUT2D eigenvalue weighted by Crippen LogP contribution is 2.29. The number of hydrogen-bond acceptors (Lipinski definition) is 5. The van der Waals surface area contributed by atoms with Crippen molar-refractivity contribution >= 4 is 17.5 Å². The van der Waals surface area contributed by atoms with Crippen molar-refractivity contribution in [1.29, 1.82) is 0 Å². The first-order valence-corrected chi connectivity index (χ1v) is 13.4. The van der Waals surface area contributed by atoms with Gasteiger partial charge in [-0.15, -0.1) is 0 Å². The molecule has 0 spiro atoms. The number of carbonyl (C=O) groups is 2. The summed E-state index contributed by atoms with van der Waals surface area (Å²) < 4.78 is 12.3. The maximum Gasteiger partial charge on any atom is 0.255 e. The van der Waals surface area contributed by atoms with Gasteiger partial charge in [-0.2, -0.15) is 0 Å². The highest BCUT2D eigenvalue weighted by atomic mass is 16.5. The second-order valence-electron chi connectivity index (χ2n) is 10.5. The maximum absolute atomic E-state index is 13.7. The van der Waals surface area contributed by atoms with E-state index < -0.39 is 0 Å². The average Bonchev–Trinajstić information content (AvgIpc) is 3.27. The number of rotatable bonds is 14. The minimum atomic E-state index is -0.112. The van der Waals surface area contributed by atoms with Crippen LogP contribution in [0.5, 0.6) is 5.75 Å². The summed E-state index contributed by atoms with van der Waals surface area (Å²) in [7, 11) is 3.17. The number of hydrogen-bond donors (Lipinski definition) is 1. The molecule has 0 aliphatic heterocycles. The van der Waals surface area contributed by atoms with Gasteiger partial charge in [0.25, 0.3) is 5.91 Å². The third-order valence-electron chi connectivity index (χ3n) is 6.55. The number of aromatic nitrogens is 2. The van der Waals surface area contributed by atoms with Gasteiger partial charge in [-0.1, -0.05) is 39.8 Å². The van der Waals surface area contributed by atoms with E-state index in [9.17, 15) is 9.59 Å². The number of ether oxygens (including phenoxy) is 2. The van der Waals surface area contributed by atoms with Crippen LogP contribution in [-0.2, 0) is 16.0 Å². The van der Waals surface area contributed by atoms with Crippen LogP contribution in [0.3, 0.4) is 0 Å². The molecule has 2 amide bonds. The maximum atomic E-state index is 13.7. The molecule has 8 heteroatoms. The molecule has 0 aliphatic rings. The first-order valence-electron chi connectivity index (χ1n) is 13.4. The van der Waals surface area contributed by atoms with Gasteiger partial charge < -0.3 is 24.1 Å². The van der Waals surface area contributed by atoms with Gasteiger partial charge in [0, 0.05) is 38.4 Å². The lowest BCUT2D eigenvalue weighted by Crippen LogP contribution is -2.34. The molecule has 1 N–H and O–H groups in total. The molecule has 1 aromatic carbocycles. The van der Waals surface area contributed by atoms with Crippen molar-refractivity contribution in [1.82, 2.24) is 19.6 Å². The smallest absolute Gasteiger partial charge is 0.255 e. The molecule has 3 rings (SSSR count). The Hall–Kier alpha value is -3.39. The summed E-state index contributed by atoms with van der Waals surface area (Å²) in [6.07, 6.45) is 4.50. The summed E-state index contributed by atoms with van der Waals surface area (Å²) >= 11 is 0. The third kappa shape index (κ3) is 7.81. The van der Waals surface area contributed by atoms with E-state index in [1.165, 1.54) is 7.11 Å². The van der Waals surface area contributed by atoms with Crippen LogP contribution in [0.1, 0.15) is 63.0 Å². The summed E-state index contributed by atoms with van der Waals surface area (Å²) in [5.74, 6) is 1.67. The van der Waals surface area contributed by atoms with E-state index in [4.69, 9.17) is 14.5 Å². The zero-order valence-electron chi connectivity index (χ0n) is 23.6. The van der Waals surface area contributed by atoms with Gasteiger partial charge in [0.1, 0.15) is 18.1 Å². The largest absolute Gasteiger partial charge is 0.497 e. The van der Waals surface area contributed by atoms with Gasteiger partial charge in [0.15, 0.2) is 0 Å². The molecule has 38 heavy (non-hydrogen) atoms. The van der Waals surface area contributed by atoms with Crippen LogP contribution in [0.2, 0.25) is 0 Å². The van der Waals surface area contributed by atoms with E-state index in [2.05, 4.69) is 33.0 Å². The van der Waals surface area contributed by atoms with Crippen LogP contribution < -0.4 is 10.1 Å². The van der Waals surface area contributed by atoms with E-state index >= 15 is 0 Å². The zero-order chi connectivity index (χ0) is 27.7. The molecular weight excluding hydrogens is 480 g/mol. The van der Waals surface area contributed by atoms with Crippen molar-refractivity contribution in [2.75, 3.05) is 34.0 Å². The highest BCUT2D eigenvalue weighted by molar-refractivity contribution is 5.94. The number of benzene rings is 1. The summed E-state index contributed by atoms with van der Waals surface area (Å²) in [5.41, 5.74) is 3.87. The fourth-order valence-corrected chi connectivity index (χ4v) is 4.26. The summed E-state index contributed by atoms with van der Waals surface area (Å²) in [5, 5.41) is 2.74. The normalized spacial score (nSPS) is 11.4. The van der Waals surface area contributed by atoms with Crippen molar-refractivity contribution in [3.63, 3.8) is 0 Å². The lowest BCUT2D eigenvalue weighted by atomic mass is 10.1. The second kappa shape index (κ2) is 14.0. The molecule has 0 aliphatic carbocycles. The Balaban J connectivity index is 2.01. The van der Waals surface area contributed by atoms with Crippen molar-refractivity contribution in [3.8, 4) is 17.0 Å². The first-order chi connectivity index (χ1) is 18.2. The van der Waals surface area contributed by atoms with Crippen molar-refractivity contribution < 1.29 is 19.1 Å². The molecule has 2 heterocycles. The molecule has 3 aromatic rings. The molecule has 0 bridgehead atoms. The number of fused-ring (bicyclic) bond motifs is 1. The van der Waals surface area contributed by atoms with E-state index in [-0.39, 0.29) is 25.0 Å². The Morgan fingerprint density at radius 1 is 1.03 bits per heavy atom. The average molecular weight is 523 g/mol. The number of methoxy groups -OCH3 is 2. The quantitative estimate of drug-likeness (QED) is 0.294. The van der Waals surface area contributed by atoms with Gasteiger partial charge in [-0.25, -0.2) is 4.98 Å². The lowest BCUT2D eigenvalue weighted by Gasteiger charge is -2.24. The Morgan fingerprint density at radius 3 is 2.37 bits per heavy atom. The van der Waals surface area contributed by atoms with Crippen LogP contribution in [0.25, 0.3) is 16.9 Å². The predicted octanol–water partition coefficient (Wildman–Crippen LogP) is 5.20. The number of nitrogens with one attached hydrogen (secondary N) is 1. The minimum absolute atomic E-state index is 0.0219. The predicted molar refractivity (Wildman–Crippen MR) is 150 cm³/mol. The Labute approximate surface area is 226 Å². The van der Waals surface area contributed by atoms with E-state index in [0.29, 0.717) is 23.8 Å². The van der Waals surface area contributed by atoms with Crippen molar-refractivity contribution in [2.45, 2.75) is 53.4 Å². The first kappa shape index (κ1) is 29.2. The fourth-order valence-electron chi connectivity index (χ4n) is 4.26. The van der Waals surface area contributed by atoms with E-state index in [1.807, 2.05) is 51.9 Å². The van der Waals surface area contributed by atoms with Crippen LogP contribution in [0, 0.1) is 11.8 Å². The Kier molecular flexibility index (Phi) is 10.7. The van der Waals surface area contributed by atoms with E-state index in [0.717, 1.165) is 54.3 Å². The van der Waals surface area contributed by atoms with Crippen LogP contribution in [0.15, 0.2) is 42.6 Å². The molecular formula is C30H42N4O4. The number of carbonyl (C=O) groups excluding carboxylic acids is 2. The number of aryl methyl sites for hydroxylation is 1. The molecule has 8 nitrogen and oxygen atoms in total. The summed E-state index contributed by atoms with van der Waals surface area (Å²) in [6.45, 7) is 10.3. The van der Waals surface area contributed by atoms with Gasteiger partial charge >= 0.3 is 0 Å². The monoisotopic (exact) mass is 522 g/mol. The second-order valence-corrected chi connectivity index (χ2v) is 10.5. The molecule has 0 unspecified atom stereocenters. The number of nitrogens with zero attached hydrogens (tertiary/aromatic N) is 3. The molecule has 2 aromatic heterocycles. The number of pyridine rings is 1. The van der Waals surface area contributed by atoms with Gasteiger partial charge in [-0.05, 0) is 55.4 Å². The Bertz CT molecular complexity index is 1210. The summed E-state index contributed by atoms with van der Waals surface area (Å²) in [6, 6.07) is 11.5. The third-order valence-corrected chi connectivity index (χ3v) is 6.55. The highest BCUT2D eigenvalue weighted by Gasteiger charge is 2.20.